The van der Waals surface area contributed by atoms with Gasteiger partial charge in [0.15, 0.2) is 0 Å². The smallest absolute Gasteiger partial charge is 0.0705 e. The maximum atomic E-state index is 3.56. The SMILES string of the molecule is CCCc1ccc(N(c2ccccc2)c2ccc(-c3ccc(Br)s3)cc2)cc1. The Morgan fingerprint density at radius 2 is 1.32 bits per heavy atom. The molecule has 0 unspecified atom stereocenters. The summed E-state index contributed by atoms with van der Waals surface area (Å²) in [5.74, 6) is 0. The Kier molecular flexibility index (Phi) is 5.94. The van der Waals surface area contributed by atoms with Crippen molar-refractivity contribution in [3.8, 4) is 10.4 Å². The third kappa shape index (κ3) is 4.21. The number of thiophene rings is 1. The van der Waals surface area contributed by atoms with Crippen LogP contribution in [-0.4, -0.2) is 0 Å². The van der Waals surface area contributed by atoms with Crippen molar-refractivity contribution in [3.05, 3.63) is 100 Å². The highest BCUT2D eigenvalue weighted by Gasteiger charge is 2.12. The van der Waals surface area contributed by atoms with E-state index in [0.29, 0.717) is 0 Å². The molecule has 1 aromatic heterocycles. The van der Waals surface area contributed by atoms with Crippen molar-refractivity contribution in [1.82, 2.24) is 0 Å². The largest absolute Gasteiger partial charge is 0.311 e. The molecule has 0 saturated heterocycles. The molecule has 1 nitrogen and oxygen atoms in total. The molecule has 0 aliphatic carbocycles. The van der Waals surface area contributed by atoms with Crippen LogP contribution in [0.1, 0.15) is 18.9 Å². The average molecular weight is 448 g/mol. The number of nitrogens with zero attached hydrogens (tertiary/aromatic N) is 1. The number of aryl methyl sites for hydroxylation is 1. The molecule has 0 spiro atoms. The van der Waals surface area contributed by atoms with Crippen molar-refractivity contribution in [2.24, 2.45) is 0 Å². The van der Waals surface area contributed by atoms with Crippen LogP contribution in [0, 0.1) is 0 Å². The van der Waals surface area contributed by atoms with Crippen molar-refractivity contribution < 1.29 is 0 Å². The Balaban J connectivity index is 1.71. The normalized spacial score (nSPS) is 10.8. The van der Waals surface area contributed by atoms with Gasteiger partial charge in [-0.1, -0.05) is 55.8 Å². The lowest BCUT2D eigenvalue weighted by molar-refractivity contribution is 0.922. The van der Waals surface area contributed by atoms with Crippen molar-refractivity contribution in [3.63, 3.8) is 0 Å². The average Bonchev–Trinajstić information content (AvgIpc) is 3.17. The maximum absolute atomic E-state index is 3.56. The molecule has 0 fully saturated rings. The van der Waals surface area contributed by atoms with E-state index in [2.05, 4.69) is 119 Å². The Hall–Kier alpha value is -2.36. The lowest BCUT2D eigenvalue weighted by Crippen LogP contribution is -2.09. The van der Waals surface area contributed by atoms with E-state index in [9.17, 15) is 0 Å². The molecule has 3 aromatic carbocycles. The highest BCUT2D eigenvalue weighted by Crippen LogP contribution is 2.37. The van der Waals surface area contributed by atoms with Crippen molar-refractivity contribution >= 4 is 44.3 Å². The molecule has 3 heteroatoms. The van der Waals surface area contributed by atoms with Crippen LogP contribution >= 0.6 is 27.3 Å². The van der Waals surface area contributed by atoms with Crippen LogP contribution in [0.25, 0.3) is 10.4 Å². The maximum Gasteiger partial charge on any atom is 0.0705 e. The molecule has 0 atom stereocenters. The second-order valence-corrected chi connectivity index (χ2v) is 9.20. The van der Waals surface area contributed by atoms with Gasteiger partial charge in [-0.15, -0.1) is 11.3 Å². The van der Waals surface area contributed by atoms with Gasteiger partial charge in [0.05, 0.1) is 3.79 Å². The van der Waals surface area contributed by atoms with Gasteiger partial charge in [0.2, 0.25) is 0 Å². The zero-order valence-corrected chi connectivity index (χ0v) is 18.2. The minimum absolute atomic E-state index is 1.12. The number of hydrogen-bond donors (Lipinski definition) is 0. The molecular weight excluding hydrogens is 426 g/mol. The first-order valence-electron chi connectivity index (χ1n) is 9.54. The predicted octanol–water partition coefficient (Wildman–Crippen LogP) is 8.60. The number of benzene rings is 3. The number of anilines is 3. The molecule has 28 heavy (non-hydrogen) atoms. The summed E-state index contributed by atoms with van der Waals surface area (Å²) in [4.78, 5) is 3.58. The molecule has 0 saturated carbocycles. The summed E-state index contributed by atoms with van der Waals surface area (Å²) in [6.07, 6.45) is 2.29. The van der Waals surface area contributed by atoms with Crippen LogP contribution in [0.2, 0.25) is 0 Å². The van der Waals surface area contributed by atoms with E-state index in [-0.39, 0.29) is 0 Å². The fraction of sp³-hybridized carbons (Fsp3) is 0.120. The first-order valence-corrected chi connectivity index (χ1v) is 11.2. The van der Waals surface area contributed by atoms with Crippen molar-refractivity contribution in [1.29, 1.82) is 0 Å². The molecule has 0 aliphatic rings. The fourth-order valence-electron chi connectivity index (χ4n) is 3.37. The number of hydrogen-bond acceptors (Lipinski definition) is 2. The fourth-order valence-corrected chi connectivity index (χ4v) is 4.76. The zero-order valence-electron chi connectivity index (χ0n) is 15.8. The molecular formula is C25H22BrNS. The van der Waals surface area contributed by atoms with Gasteiger partial charge < -0.3 is 4.90 Å². The van der Waals surface area contributed by atoms with Crippen molar-refractivity contribution in [2.45, 2.75) is 19.8 Å². The minimum Gasteiger partial charge on any atom is -0.311 e. The van der Waals surface area contributed by atoms with Crippen molar-refractivity contribution in [2.75, 3.05) is 4.90 Å². The Morgan fingerprint density at radius 1 is 0.714 bits per heavy atom. The monoisotopic (exact) mass is 447 g/mol. The van der Waals surface area contributed by atoms with Crippen LogP contribution in [0.15, 0.2) is 94.8 Å². The van der Waals surface area contributed by atoms with Gasteiger partial charge in [-0.3, -0.25) is 0 Å². The van der Waals surface area contributed by atoms with E-state index in [0.717, 1.165) is 21.6 Å². The Bertz CT molecular complexity index is 1020. The lowest BCUT2D eigenvalue weighted by Gasteiger charge is -2.25. The molecule has 0 radical (unpaired) electrons. The summed E-state index contributed by atoms with van der Waals surface area (Å²) in [6.45, 7) is 2.22. The third-order valence-corrected chi connectivity index (χ3v) is 6.40. The third-order valence-electron chi connectivity index (χ3n) is 4.73. The summed E-state index contributed by atoms with van der Waals surface area (Å²) < 4.78 is 1.16. The van der Waals surface area contributed by atoms with Gasteiger partial charge in [0, 0.05) is 21.9 Å². The summed E-state index contributed by atoms with van der Waals surface area (Å²) >= 11 is 5.31. The molecule has 0 N–H and O–H groups in total. The van der Waals surface area contributed by atoms with Crippen LogP contribution in [-0.2, 0) is 6.42 Å². The molecule has 1 heterocycles. The van der Waals surface area contributed by atoms with E-state index in [1.54, 1.807) is 11.3 Å². The summed E-state index contributed by atoms with van der Waals surface area (Å²) in [6, 6.07) is 32.6. The van der Waals surface area contributed by atoms with Gasteiger partial charge in [0.25, 0.3) is 0 Å². The standard InChI is InChI=1S/C25H22BrNS/c1-2-6-19-9-13-22(14-10-19)27(21-7-4-3-5-8-21)23-15-11-20(12-16-23)24-17-18-25(26)28-24/h3-5,7-18H,2,6H2,1H3. The second kappa shape index (κ2) is 8.76. The predicted molar refractivity (Wildman–Crippen MR) is 126 cm³/mol. The zero-order chi connectivity index (χ0) is 19.3. The first kappa shape index (κ1) is 19.0. The highest BCUT2D eigenvalue weighted by atomic mass is 79.9. The van der Waals surface area contributed by atoms with Gasteiger partial charge in [-0.2, -0.15) is 0 Å². The number of halogens is 1. The van der Waals surface area contributed by atoms with Crippen LogP contribution in [0.3, 0.4) is 0 Å². The van der Waals surface area contributed by atoms with Crippen LogP contribution < -0.4 is 4.90 Å². The highest BCUT2D eigenvalue weighted by molar-refractivity contribution is 9.11. The molecule has 0 aliphatic heterocycles. The number of para-hydroxylation sites is 1. The van der Waals surface area contributed by atoms with Gasteiger partial charge in [-0.25, -0.2) is 0 Å². The minimum atomic E-state index is 1.12. The van der Waals surface area contributed by atoms with E-state index in [4.69, 9.17) is 0 Å². The summed E-state index contributed by atoms with van der Waals surface area (Å²) in [5, 5.41) is 0. The Morgan fingerprint density at radius 3 is 1.89 bits per heavy atom. The molecule has 140 valence electrons. The summed E-state index contributed by atoms with van der Waals surface area (Å²) in [5.41, 5.74) is 6.13. The first-order chi connectivity index (χ1) is 13.7. The lowest BCUT2D eigenvalue weighted by atomic mass is 10.1. The van der Waals surface area contributed by atoms with Gasteiger partial charge >= 0.3 is 0 Å². The van der Waals surface area contributed by atoms with E-state index in [1.807, 2.05) is 0 Å². The Labute approximate surface area is 179 Å². The molecule has 4 rings (SSSR count). The quantitative estimate of drug-likeness (QED) is 0.285. The molecule has 0 amide bonds. The van der Waals surface area contributed by atoms with E-state index >= 15 is 0 Å². The number of rotatable bonds is 6. The second-order valence-electron chi connectivity index (χ2n) is 6.74. The van der Waals surface area contributed by atoms with Crippen LogP contribution in [0.4, 0.5) is 17.1 Å². The van der Waals surface area contributed by atoms with Gasteiger partial charge in [-0.05, 0) is 82.0 Å². The van der Waals surface area contributed by atoms with Gasteiger partial charge in [0.1, 0.15) is 0 Å². The van der Waals surface area contributed by atoms with E-state index in [1.165, 1.54) is 28.1 Å². The topological polar surface area (TPSA) is 3.24 Å². The molecule has 4 aromatic rings. The van der Waals surface area contributed by atoms with Crippen LogP contribution in [0.5, 0.6) is 0 Å². The van der Waals surface area contributed by atoms with E-state index < -0.39 is 0 Å². The molecule has 0 bridgehead atoms. The summed E-state index contributed by atoms with van der Waals surface area (Å²) in [7, 11) is 0.